The van der Waals surface area contributed by atoms with Gasteiger partial charge in [0.05, 0.1) is 0 Å². The van der Waals surface area contributed by atoms with Gasteiger partial charge in [0.2, 0.25) is 0 Å². The molecule has 3 heterocycles. The third kappa shape index (κ3) is 3.13. The maximum atomic E-state index is 6.07. The summed E-state index contributed by atoms with van der Waals surface area (Å²) in [5.74, 6) is 1.37. The Morgan fingerprint density at radius 2 is 2.14 bits per heavy atom. The number of hydrogen-bond donors (Lipinski definition) is 1. The predicted octanol–water partition coefficient (Wildman–Crippen LogP) is -0.0915. The molecule has 1 fully saturated rings. The van der Waals surface area contributed by atoms with Gasteiger partial charge in [0.1, 0.15) is 18.7 Å². The molecule has 2 aromatic rings. The molecule has 0 saturated carbocycles. The Morgan fingerprint density at radius 3 is 2.76 bits per heavy atom. The summed E-state index contributed by atoms with van der Waals surface area (Å²) in [5, 5.41) is 7.09. The Balaban J connectivity index is 1.55. The van der Waals surface area contributed by atoms with Crippen LogP contribution in [-0.4, -0.2) is 56.8 Å². The zero-order valence-electron chi connectivity index (χ0n) is 11.9. The molecular formula is C12H18N8S. The van der Waals surface area contributed by atoms with E-state index in [9.17, 15) is 0 Å². The van der Waals surface area contributed by atoms with Crippen molar-refractivity contribution in [1.82, 2.24) is 24.6 Å². The normalized spacial score (nSPS) is 16.5. The SMILES string of the molecule is Cn1ncnc1CN=C(N)N1CCN(c2nccs2)CC1. The second kappa shape index (κ2) is 6.08. The Hall–Kier alpha value is -2.16. The Bertz CT molecular complexity index is 597. The Morgan fingerprint density at radius 1 is 1.33 bits per heavy atom. The number of nitrogens with two attached hydrogens (primary N) is 1. The largest absolute Gasteiger partial charge is 0.370 e. The molecule has 21 heavy (non-hydrogen) atoms. The van der Waals surface area contributed by atoms with Gasteiger partial charge in [-0.25, -0.2) is 15.0 Å². The summed E-state index contributed by atoms with van der Waals surface area (Å²) in [4.78, 5) is 17.2. The van der Waals surface area contributed by atoms with Gasteiger partial charge in [0.15, 0.2) is 11.1 Å². The van der Waals surface area contributed by atoms with Crippen LogP contribution in [-0.2, 0) is 13.6 Å². The van der Waals surface area contributed by atoms with Crippen LogP contribution in [0.2, 0.25) is 0 Å². The van der Waals surface area contributed by atoms with Gasteiger partial charge in [-0.15, -0.1) is 11.3 Å². The minimum Gasteiger partial charge on any atom is -0.370 e. The summed E-state index contributed by atoms with van der Waals surface area (Å²) < 4.78 is 1.71. The second-order valence-corrected chi connectivity index (χ2v) is 5.64. The molecule has 1 saturated heterocycles. The van der Waals surface area contributed by atoms with Crippen LogP contribution in [0.15, 0.2) is 22.9 Å². The van der Waals surface area contributed by atoms with Crippen LogP contribution in [0.1, 0.15) is 5.82 Å². The number of anilines is 1. The van der Waals surface area contributed by atoms with Crippen molar-refractivity contribution in [3.05, 3.63) is 23.7 Å². The average Bonchev–Trinajstić information content (AvgIpc) is 3.17. The molecule has 0 aliphatic carbocycles. The first kappa shape index (κ1) is 13.8. The lowest BCUT2D eigenvalue weighted by molar-refractivity contribution is 0.380. The lowest BCUT2D eigenvalue weighted by Gasteiger charge is -2.35. The quantitative estimate of drug-likeness (QED) is 0.630. The van der Waals surface area contributed by atoms with E-state index in [0.717, 1.165) is 37.1 Å². The molecule has 2 aromatic heterocycles. The summed E-state index contributed by atoms with van der Waals surface area (Å²) in [5.41, 5.74) is 6.07. The maximum Gasteiger partial charge on any atom is 0.191 e. The number of aliphatic imine (C=N–C) groups is 1. The smallest absolute Gasteiger partial charge is 0.191 e. The van der Waals surface area contributed by atoms with Gasteiger partial charge in [-0.05, 0) is 0 Å². The molecule has 0 aromatic carbocycles. The molecule has 9 heteroatoms. The van der Waals surface area contributed by atoms with Crippen LogP contribution in [0.3, 0.4) is 0 Å². The highest BCUT2D eigenvalue weighted by molar-refractivity contribution is 7.13. The van der Waals surface area contributed by atoms with E-state index in [0.29, 0.717) is 12.5 Å². The Labute approximate surface area is 126 Å². The molecule has 0 radical (unpaired) electrons. The summed E-state index contributed by atoms with van der Waals surface area (Å²) in [6.45, 7) is 3.98. The fourth-order valence-electron chi connectivity index (χ4n) is 2.21. The molecule has 2 N–H and O–H groups in total. The van der Waals surface area contributed by atoms with E-state index in [1.165, 1.54) is 6.33 Å². The van der Waals surface area contributed by atoms with Crippen molar-refractivity contribution in [1.29, 1.82) is 0 Å². The van der Waals surface area contributed by atoms with Crippen molar-refractivity contribution < 1.29 is 0 Å². The molecule has 1 aliphatic rings. The molecule has 112 valence electrons. The van der Waals surface area contributed by atoms with Gasteiger partial charge >= 0.3 is 0 Å². The first-order valence-corrected chi connectivity index (χ1v) is 7.64. The topological polar surface area (TPSA) is 88.5 Å². The molecule has 8 nitrogen and oxygen atoms in total. The number of hydrogen-bond acceptors (Lipinski definition) is 6. The molecule has 1 aliphatic heterocycles. The van der Waals surface area contributed by atoms with E-state index in [4.69, 9.17) is 5.73 Å². The third-order valence-corrected chi connectivity index (χ3v) is 4.31. The fourth-order valence-corrected chi connectivity index (χ4v) is 2.91. The lowest BCUT2D eigenvalue weighted by atomic mass is 10.3. The summed E-state index contributed by atoms with van der Waals surface area (Å²) in [6, 6.07) is 0. The number of thiazole rings is 1. The van der Waals surface area contributed by atoms with Crippen molar-refractivity contribution in [2.45, 2.75) is 6.54 Å². The van der Waals surface area contributed by atoms with Gasteiger partial charge in [-0.1, -0.05) is 0 Å². The zero-order chi connectivity index (χ0) is 14.7. The van der Waals surface area contributed by atoms with Gasteiger partial charge in [0.25, 0.3) is 0 Å². The summed E-state index contributed by atoms with van der Waals surface area (Å²) in [6.07, 6.45) is 3.36. The number of nitrogens with zero attached hydrogens (tertiary/aromatic N) is 7. The average molecular weight is 306 g/mol. The van der Waals surface area contributed by atoms with Crippen LogP contribution >= 0.6 is 11.3 Å². The highest BCUT2D eigenvalue weighted by Crippen LogP contribution is 2.18. The van der Waals surface area contributed by atoms with E-state index in [2.05, 4.69) is 29.9 Å². The van der Waals surface area contributed by atoms with E-state index in [-0.39, 0.29) is 0 Å². The highest BCUT2D eigenvalue weighted by atomic mass is 32.1. The van der Waals surface area contributed by atoms with Gasteiger partial charge in [0, 0.05) is 44.8 Å². The summed E-state index contributed by atoms with van der Waals surface area (Å²) in [7, 11) is 1.85. The van der Waals surface area contributed by atoms with Crippen LogP contribution in [0.5, 0.6) is 0 Å². The first-order valence-electron chi connectivity index (χ1n) is 6.76. The van der Waals surface area contributed by atoms with Gasteiger partial charge < -0.3 is 15.5 Å². The first-order chi connectivity index (χ1) is 10.2. The lowest BCUT2D eigenvalue weighted by Crippen LogP contribution is -2.51. The molecule has 0 amide bonds. The van der Waals surface area contributed by atoms with Crippen LogP contribution in [0.4, 0.5) is 5.13 Å². The number of aromatic nitrogens is 4. The van der Waals surface area contributed by atoms with E-state index in [1.807, 2.05) is 18.6 Å². The van der Waals surface area contributed by atoms with Crippen molar-refractivity contribution in [2.24, 2.45) is 17.8 Å². The minimum absolute atomic E-state index is 0.453. The van der Waals surface area contributed by atoms with Crippen molar-refractivity contribution in [3.63, 3.8) is 0 Å². The minimum atomic E-state index is 0.453. The highest BCUT2D eigenvalue weighted by Gasteiger charge is 2.19. The molecule has 0 atom stereocenters. The van der Waals surface area contributed by atoms with Crippen molar-refractivity contribution in [2.75, 3.05) is 31.1 Å². The monoisotopic (exact) mass is 306 g/mol. The van der Waals surface area contributed by atoms with Crippen molar-refractivity contribution >= 4 is 22.4 Å². The third-order valence-electron chi connectivity index (χ3n) is 3.48. The maximum absolute atomic E-state index is 6.07. The van der Waals surface area contributed by atoms with E-state index >= 15 is 0 Å². The van der Waals surface area contributed by atoms with Gasteiger partial charge in [-0.2, -0.15) is 5.10 Å². The van der Waals surface area contributed by atoms with Crippen LogP contribution < -0.4 is 10.6 Å². The van der Waals surface area contributed by atoms with Crippen molar-refractivity contribution in [3.8, 4) is 0 Å². The number of rotatable bonds is 3. The van der Waals surface area contributed by atoms with E-state index < -0.39 is 0 Å². The summed E-state index contributed by atoms with van der Waals surface area (Å²) >= 11 is 1.67. The fraction of sp³-hybridized carbons (Fsp3) is 0.500. The van der Waals surface area contributed by atoms with E-state index in [1.54, 1.807) is 16.0 Å². The molecule has 0 bridgehead atoms. The number of guanidine groups is 1. The predicted molar refractivity (Wildman–Crippen MR) is 82.2 cm³/mol. The molecule has 0 spiro atoms. The molecule has 0 unspecified atom stereocenters. The standard InChI is InChI=1S/C12H18N8S/c1-18-10(16-9-17-18)8-15-11(13)19-3-5-20(6-4-19)12-14-2-7-21-12/h2,7,9H,3-6,8H2,1H3,(H2,13,15). The van der Waals surface area contributed by atoms with Crippen LogP contribution in [0, 0.1) is 0 Å². The second-order valence-electron chi connectivity index (χ2n) is 4.76. The van der Waals surface area contributed by atoms with Crippen LogP contribution in [0.25, 0.3) is 0 Å². The number of piperazine rings is 1. The molecule has 3 rings (SSSR count). The Kier molecular flexibility index (Phi) is 4.00. The zero-order valence-corrected chi connectivity index (χ0v) is 12.7. The number of aryl methyl sites for hydroxylation is 1. The van der Waals surface area contributed by atoms with Gasteiger partial charge in [-0.3, -0.25) is 4.68 Å². The molecular weight excluding hydrogens is 288 g/mol.